The van der Waals surface area contributed by atoms with Crippen LogP contribution in [0.1, 0.15) is 93.7 Å². The summed E-state index contributed by atoms with van der Waals surface area (Å²) in [6.45, 7) is 4.65. The van der Waals surface area contributed by atoms with Crippen LogP contribution in [0.3, 0.4) is 0 Å². The standard InChI is InChI=1S/C35H42N4O2/c1-3-24-12-11-23(2)20-29(21-24)41-28-16-13-26(14-17-28)33-30-22-27(15-18-31(30)38-39-33)35(40)37-34(25-8-4-5-9-25)32-10-6-7-19-36-32/h6-7,10,13-19,22-25,29,34H,3-5,8-9,11-12,20-21H2,1-2H3,(H,37,40)(H,38,39). The highest BCUT2D eigenvalue weighted by Crippen LogP contribution is 2.36. The lowest BCUT2D eigenvalue weighted by Crippen LogP contribution is -2.33. The molecule has 2 fully saturated rings. The molecule has 0 radical (unpaired) electrons. The van der Waals surface area contributed by atoms with Gasteiger partial charge >= 0.3 is 0 Å². The highest BCUT2D eigenvalue weighted by molar-refractivity contribution is 6.01. The van der Waals surface area contributed by atoms with Crippen LogP contribution in [0.4, 0.5) is 0 Å². The smallest absolute Gasteiger partial charge is 0.251 e. The van der Waals surface area contributed by atoms with Gasteiger partial charge in [0.15, 0.2) is 0 Å². The van der Waals surface area contributed by atoms with Crippen molar-refractivity contribution >= 4 is 16.8 Å². The Morgan fingerprint density at radius 1 is 1.02 bits per heavy atom. The minimum absolute atomic E-state index is 0.0756. The van der Waals surface area contributed by atoms with Gasteiger partial charge in [0.05, 0.1) is 29.1 Å². The van der Waals surface area contributed by atoms with Crippen LogP contribution >= 0.6 is 0 Å². The molecule has 4 atom stereocenters. The van der Waals surface area contributed by atoms with Gasteiger partial charge in [0, 0.05) is 22.7 Å². The molecule has 2 N–H and O–H groups in total. The number of rotatable bonds is 8. The lowest BCUT2D eigenvalue weighted by atomic mass is 9.94. The number of aromatic nitrogens is 3. The van der Waals surface area contributed by atoms with E-state index in [4.69, 9.17) is 4.74 Å². The summed E-state index contributed by atoms with van der Waals surface area (Å²) in [4.78, 5) is 18.1. The average Bonchev–Trinajstić information content (AvgIpc) is 3.65. The fourth-order valence-corrected chi connectivity index (χ4v) is 6.91. The van der Waals surface area contributed by atoms with Crippen LogP contribution in [0.15, 0.2) is 66.9 Å². The maximum atomic E-state index is 13.5. The lowest BCUT2D eigenvalue weighted by Gasteiger charge is -2.24. The number of aromatic amines is 1. The molecule has 0 spiro atoms. The largest absolute Gasteiger partial charge is 0.490 e. The van der Waals surface area contributed by atoms with Crippen molar-refractivity contribution in [3.05, 3.63) is 78.1 Å². The van der Waals surface area contributed by atoms with Gasteiger partial charge in [-0.1, -0.05) is 52.0 Å². The van der Waals surface area contributed by atoms with Crippen molar-refractivity contribution in [2.24, 2.45) is 17.8 Å². The Morgan fingerprint density at radius 3 is 2.61 bits per heavy atom. The number of H-pyrrole nitrogens is 1. The van der Waals surface area contributed by atoms with Crippen molar-refractivity contribution in [2.45, 2.75) is 83.8 Å². The van der Waals surface area contributed by atoms with E-state index >= 15 is 0 Å². The summed E-state index contributed by atoms with van der Waals surface area (Å²) in [5.74, 6) is 2.71. The molecule has 6 nitrogen and oxygen atoms in total. The van der Waals surface area contributed by atoms with Crippen molar-refractivity contribution in [1.82, 2.24) is 20.5 Å². The van der Waals surface area contributed by atoms with Gasteiger partial charge in [0.1, 0.15) is 5.75 Å². The number of pyridine rings is 1. The number of carbonyl (C=O) groups is 1. The number of ether oxygens (including phenoxy) is 1. The molecule has 2 aliphatic carbocycles. The fraction of sp³-hybridized carbons (Fsp3) is 0.457. The van der Waals surface area contributed by atoms with Gasteiger partial charge in [-0.2, -0.15) is 5.10 Å². The molecular weight excluding hydrogens is 508 g/mol. The van der Waals surface area contributed by atoms with Gasteiger partial charge in [0.2, 0.25) is 0 Å². The molecule has 6 heteroatoms. The third-order valence-electron chi connectivity index (χ3n) is 9.33. The molecule has 214 valence electrons. The van der Waals surface area contributed by atoms with E-state index in [0.717, 1.165) is 65.2 Å². The van der Waals surface area contributed by atoms with E-state index in [1.807, 2.05) is 42.6 Å². The number of nitrogens with zero attached hydrogens (tertiary/aromatic N) is 2. The molecule has 2 heterocycles. The normalized spacial score (nSPS) is 22.3. The molecule has 1 amide bonds. The Labute approximate surface area is 243 Å². The summed E-state index contributed by atoms with van der Waals surface area (Å²) in [5.41, 5.74) is 4.31. The molecule has 4 unspecified atom stereocenters. The molecule has 0 aliphatic heterocycles. The summed E-state index contributed by atoms with van der Waals surface area (Å²) >= 11 is 0. The second-order valence-corrected chi connectivity index (χ2v) is 12.3. The highest BCUT2D eigenvalue weighted by Gasteiger charge is 2.29. The van der Waals surface area contributed by atoms with E-state index in [1.165, 1.54) is 32.1 Å². The van der Waals surface area contributed by atoms with E-state index in [0.29, 0.717) is 17.4 Å². The Morgan fingerprint density at radius 2 is 1.85 bits per heavy atom. The van der Waals surface area contributed by atoms with Crippen molar-refractivity contribution in [2.75, 3.05) is 0 Å². The van der Waals surface area contributed by atoms with Crippen LogP contribution in [-0.4, -0.2) is 27.2 Å². The Hall–Kier alpha value is -3.67. The minimum atomic E-state index is -0.0812. The van der Waals surface area contributed by atoms with Gasteiger partial charge in [-0.15, -0.1) is 0 Å². The fourth-order valence-electron chi connectivity index (χ4n) is 6.91. The lowest BCUT2D eigenvalue weighted by molar-refractivity contribution is 0.0920. The SMILES string of the molecule is CCC1CCC(C)CC(Oc2ccc(-c3n[nH]c4ccc(C(=O)NC(c5ccccn5)C5CCCC5)cc34)cc2)C1. The summed E-state index contributed by atoms with van der Waals surface area (Å²) in [7, 11) is 0. The van der Waals surface area contributed by atoms with Crippen molar-refractivity contribution in [3.63, 3.8) is 0 Å². The maximum absolute atomic E-state index is 13.5. The van der Waals surface area contributed by atoms with E-state index in [2.05, 4.69) is 58.6 Å². The monoisotopic (exact) mass is 550 g/mol. The molecule has 2 aromatic carbocycles. The van der Waals surface area contributed by atoms with Gasteiger partial charge in [-0.3, -0.25) is 14.9 Å². The number of hydrogen-bond donors (Lipinski definition) is 2. The first kappa shape index (κ1) is 27.5. The third kappa shape index (κ3) is 6.32. The molecule has 4 aromatic rings. The van der Waals surface area contributed by atoms with E-state index in [9.17, 15) is 4.79 Å². The van der Waals surface area contributed by atoms with Gasteiger partial charge < -0.3 is 10.1 Å². The molecule has 41 heavy (non-hydrogen) atoms. The van der Waals surface area contributed by atoms with Crippen molar-refractivity contribution in [1.29, 1.82) is 0 Å². The molecule has 0 bridgehead atoms. The van der Waals surface area contributed by atoms with Crippen molar-refractivity contribution < 1.29 is 9.53 Å². The van der Waals surface area contributed by atoms with Gasteiger partial charge in [0.25, 0.3) is 5.91 Å². The van der Waals surface area contributed by atoms with Gasteiger partial charge in [-0.05, 0) is 98.0 Å². The van der Waals surface area contributed by atoms with E-state index < -0.39 is 0 Å². The van der Waals surface area contributed by atoms with Crippen LogP contribution in [0.25, 0.3) is 22.2 Å². The molecule has 2 saturated carbocycles. The van der Waals surface area contributed by atoms with Gasteiger partial charge in [-0.25, -0.2) is 0 Å². The first-order valence-corrected chi connectivity index (χ1v) is 15.5. The number of benzene rings is 2. The van der Waals surface area contributed by atoms with Crippen molar-refractivity contribution in [3.8, 4) is 17.0 Å². The number of hydrogen-bond acceptors (Lipinski definition) is 4. The average molecular weight is 551 g/mol. The predicted molar refractivity (Wildman–Crippen MR) is 164 cm³/mol. The summed E-state index contributed by atoms with van der Waals surface area (Å²) in [5, 5.41) is 12.0. The predicted octanol–water partition coefficient (Wildman–Crippen LogP) is 8.27. The first-order valence-electron chi connectivity index (χ1n) is 15.5. The molecular formula is C35H42N4O2. The third-order valence-corrected chi connectivity index (χ3v) is 9.33. The second kappa shape index (κ2) is 12.5. The zero-order valence-electron chi connectivity index (χ0n) is 24.3. The maximum Gasteiger partial charge on any atom is 0.251 e. The number of amides is 1. The summed E-state index contributed by atoms with van der Waals surface area (Å²) < 4.78 is 6.48. The zero-order chi connectivity index (χ0) is 28.2. The van der Waals surface area contributed by atoms with Crippen LogP contribution in [0.5, 0.6) is 5.75 Å². The molecule has 0 saturated heterocycles. The summed E-state index contributed by atoms with van der Waals surface area (Å²) in [6.07, 6.45) is 12.8. The Bertz CT molecular complexity index is 1440. The highest BCUT2D eigenvalue weighted by atomic mass is 16.5. The van der Waals surface area contributed by atoms with E-state index in [-0.39, 0.29) is 18.1 Å². The van der Waals surface area contributed by atoms with Crippen LogP contribution in [0, 0.1) is 17.8 Å². The minimum Gasteiger partial charge on any atom is -0.490 e. The first-order chi connectivity index (χ1) is 20.1. The zero-order valence-corrected chi connectivity index (χ0v) is 24.3. The Balaban J connectivity index is 1.20. The Kier molecular flexibility index (Phi) is 8.36. The van der Waals surface area contributed by atoms with E-state index in [1.54, 1.807) is 0 Å². The topological polar surface area (TPSA) is 79.9 Å². The summed E-state index contributed by atoms with van der Waals surface area (Å²) in [6, 6.07) is 19.9. The van der Waals surface area contributed by atoms with Crippen LogP contribution < -0.4 is 10.1 Å². The number of fused-ring (bicyclic) bond motifs is 1. The number of carbonyl (C=O) groups excluding carboxylic acids is 1. The van der Waals surface area contributed by atoms with Crippen LogP contribution in [-0.2, 0) is 0 Å². The molecule has 6 rings (SSSR count). The number of nitrogens with one attached hydrogen (secondary N) is 2. The molecule has 2 aliphatic rings. The molecule has 2 aromatic heterocycles. The quantitative estimate of drug-likeness (QED) is 0.216. The second-order valence-electron chi connectivity index (χ2n) is 12.3. The van der Waals surface area contributed by atoms with Crippen LogP contribution in [0.2, 0.25) is 0 Å².